The van der Waals surface area contributed by atoms with Gasteiger partial charge in [0.2, 0.25) is 5.91 Å². The van der Waals surface area contributed by atoms with Crippen molar-refractivity contribution in [2.24, 2.45) is 0 Å². The van der Waals surface area contributed by atoms with E-state index in [9.17, 15) is 4.79 Å². The molecule has 106 valence electrons. The standard InChI is InChI=1S/C14H15BrClN3O/c1-8(16)14-18-11-4-2-9(15)6-12(11)19(14)10-3-5-13(20)17-7-10/h2,4,6,8,10H,3,5,7H2,1H3,(H,17,20). The molecule has 1 aromatic heterocycles. The molecule has 0 saturated carbocycles. The number of carbonyl (C=O) groups is 1. The number of fused-ring (bicyclic) bond motifs is 1. The molecule has 0 radical (unpaired) electrons. The summed E-state index contributed by atoms with van der Waals surface area (Å²) in [6, 6.07) is 6.23. The van der Waals surface area contributed by atoms with E-state index >= 15 is 0 Å². The predicted molar refractivity (Wildman–Crippen MR) is 83.0 cm³/mol. The van der Waals surface area contributed by atoms with Crippen LogP contribution < -0.4 is 5.32 Å². The highest BCUT2D eigenvalue weighted by Crippen LogP contribution is 2.32. The quantitative estimate of drug-likeness (QED) is 0.837. The molecule has 0 bridgehead atoms. The van der Waals surface area contributed by atoms with Gasteiger partial charge in [-0.3, -0.25) is 4.79 Å². The molecule has 2 aromatic rings. The number of piperidine rings is 1. The molecule has 2 unspecified atom stereocenters. The lowest BCUT2D eigenvalue weighted by Gasteiger charge is -2.26. The third-order valence-electron chi connectivity index (χ3n) is 3.64. The number of nitrogens with one attached hydrogen (secondary N) is 1. The molecular weight excluding hydrogens is 342 g/mol. The number of rotatable bonds is 2. The number of nitrogens with zero attached hydrogens (tertiary/aromatic N) is 2. The maximum Gasteiger partial charge on any atom is 0.220 e. The van der Waals surface area contributed by atoms with E-state index in [1.54, 1.807) is 0 Å². The summed E-state index contributed by atoms with van der Waals surface area (Å²) in [6.07, 6.45) is 1.37. The fourth-order valence-corrected chi connectivity index (χ4v) is 3.19. The van der Waals surface area contributed by atoms with Crippen molar-refractivity contribution in [3.05, 3.63) is 28.5 Å². The Morgan fingerprint density at radius 2 is 2.35 bits per heavy atom. The molecule has 1 aromatic carbocycles. The Balaban J connectivity index is 2.13. The van der Waals surface area contributed by atoms with Gasteiger partial charge in [0.15, 0.2) is 0 Å². The lowest BCUT2D eigenvalue weighted by atomic mass is 10.1. The van der Waals surface area contributed by atoms with Crippen molar-refractivity contribution >= 4 is 44.5 Å². The van der Waals surface area contributed by atoms with Crippen molar-refractivity contribution in [2.45, 2.75) is 31.2 Å². The Labute approximate surface area is 130 Å². The van der Waals surface area contributed by atoms with Crippen molar-refractivity contribution < 1.29 is 4.79 Å². The van der Waals surface area contributed by atoms with E-state index in [4.69, 9.17) is 11.6 Å². The third kappa shape index (κ3) is 2.44. The zero-order valence-corrected chi connectivity index (χ0v) is 13.4. The molecule has 1 saturated heterocycles. The molecular formula is C14H15BrClN3O. The highest BCUT2D eigenvalue weighted by molar-refractivity contribution is 9.10. The highest BCUT2D eigenvalue weighted by Gasteiger charge is 2.25. The van der Waals surface area contributed by atoms with Crippen LogP contribution in [-0.2, 0) is 4.79 Å². The Kier molecular flexibility index (Phi) is 3.73. The van der Waals surface area contributed by atoms with E-state index in [1.807, 2.05) is 19.1 Å². The predicted octanol–water partition coefficient (Wildman–Crippen LogP) is 3.55. The second kappa shape index (κ2) is 5.37. The van der Waals surface area contributed by atoms with Crippen LogP contribution in [0.4, 0.5) is 0 Å². The molecule has 4 nitrogen and oxygen atoms in total. The molecule has 1 aliphatic heterocycles. The van der Waals surface area contributed by atoms with E-state index in [0.29, 0.717) is 13.0 Å². The Morgan fingerprint density at radius 3 is 3.00 bits per heavy atom. The van der Waals surface area contributed by atoms with E-state index in [1.165, 1.54) is 0 Å². The van der Waals surface area contributed by atoms with Crippen LogP contribution in [0.2, 0.25) is 0 Å². The highest BCUT2D eigenvalue weighted by atomic mass is 79.9. The number of alkyl halides is 1. The SMILES string of the molecule is CC(Cl)c1nc2ccc(Br)cc2n1C1CCC(=O)NC1. The maximum atomic E-state index is 11.3. The second-order valence-electron chi connectivity index (χ2n) is 5.09. The van der Waals surface area contributed by atoms with Gasteiger partial charge in [0, 0.05) is 17.4 Å². The molecule has 0 aliphatic carbocycles. The summed E-state index contributed by atoms with van der Waals surface area (Å²) in [7, 11) is 0. The first-order valence-electron chi connectivity index (χ1n) is 6.64. The van der Waals surface area contributed by atoms with Crippen LogP contribution in [0, 0.1) is 0 Å². The summed E-state index contributed by atoms with van der Waals surface area (Å²) < 4.78 is 3.19. The van der Waals surface area contributed by atoms with Crippen molar-refractivity contribution in [1.82, 2.24) is 14.9 Å². The minimum atomic E-state index is -0.168. The van der Waals surface area contributed by atoms with Crippen molar-refractivity contribution in [1.29, 1.82) is 0 Å². The minimum Gasteiger partial charge on any atom is -0.354 e. The lowest BCUT2D eigenvalue weighted by Crippen LogP contribution is -2.36. The van der Waals surface area contributed by atoms with E-state index in [0.717, 1.165) is 27.8 Å². The van der Waals surface area contributed by atoms with Crippen LogP contribution in [0.1, 0.15) is 37.0 Å². The van der Waals surface area contributed by atoms with Crippen LogP contribution >= 0.6 is 27.5 Å². The molecule has 2 heterocycles. The summed E-state index contributed by atoms with van der Waals surface area (Å²) in [5.74, 6) is 0.980. The average molecular weight is 357 g/mol. The second-order valence-corrected chi connectivity index (χ2v) is 6.66. The number of imidazole rings is 1. The summed E-state index contributed by atoms with van der Waals surface area (Å²) in [5.41, 5.74) is 2.00. The number of hydrogen-bond acceptors (Lipinski definition) is 2. The topological polar surface area (TPSA) is 46.9 Å². The Bertz CT molecular complexity index is 658. The smallest absolute Gasteiger partial charge is 0.220 e. The van der Waals surface area contributed by atoms with Gasteiger partial charge < -0.3 is 9.88 Å². The fraction of sp³-hybridized carbons (Fsp3) is 0.429. The first kappa shape index (κ1) is 13.9. The van der Waals surface area contributed by atoms with Gasteiger partial charge in [-0.2, -0.15) is 0 Å². The van der Waals surface area contributed by atoms with Gasteiger partial charge in [-0.15, -0.1) is 11.6 Å². The third-order valence-corrected chi connectivity index (χ3v) is 4.33. The number of halogens is 2. The van der Waals surface area contributed by atoms with Crippen LogP contribution in [-0.4, -0.2) is 22.0 Å². The van der Waals surface area contributed by atoms with Gasteiger partial charge in [-0.25, -0.2) is 4.98 Å². The molecule has 1 aliphatic rings. The molecule has 1 amide bonds. The van der Waals surface area contributed by atoms with Crippen LogP contribution in [0.3, 0.4) is 0 Å². The van der Waals surface area contributed by atoms with Gasteiger partial charge in [-0.05, 0) is 31.5 Å². The number of hydrogen-bond donors (Lipinski definition) is 1. The summed E-state index contributed by atoms with van der Waals surface area (Å²) in [6.45, 7) is 2.56. The van der Waals surface area contributed by atoms with Crippen molar-refractivity contribution in [3.63, 3.8) is 0 Å². The fourth-order valence-electron chi connectivity index (χ4n) is 2.69. The monoisotopic (exact) mass is 355 g/mol. The number of benzene rings is 1. The Morgan fingerprint density at radius 1 is 1.55 bits per heavy atom. The van der Waals surface area contributed by atoms with Crippen LogP contribution in [0.5, 0.6) is 0 Å². The van der Waals surface area contributed by atoms with Gasteiger partial charge in [-0.1, -0.05) is 15.9 Å². The molecule has 1 N–H and O–H groups in total. The molecule has 0 spiro atoms. The molecule has 3 rings (SSSR count). The number of carbonyl (C=O) groups excluding carboxylic acids is 1. The van der Waals surface area contributed by atoms with Crippen LogP contribution in [0.15, 0.2) is 22.7 Å². The average Bonchev–Trinajstić information content (AvgIpc) is 2.78. The molecule has 1 fully saturated rings. The van der Waals surface area contributed by atoms with Gasteiger partial charge in [0.25, 0.3) is 0 Å². The van der Waals surface area contributed by atoms with Crippen molar-refractivity contribution in [2.75, 3.05) is 6.54 Å². The zero-order chi connectivity index (χ0) is 14.3. The van der Waals surface area contributed by atoms with Gasteiger partial charge in [0.1, 0.15) is 5.82 Å². The molecule has 6 heteroatoms. The van der Waals surface area contributed by atoms with E-state index in [-0.39, 0.29) is 17.3 Å². The maximum absolute atomic E-state index is 11.3. The molecule has 2 atom stereocenters. The lowest BCUT2D eigenvalue weighted by molar-refractivity contribution is -0.122. The Hall–Kier alpha value is -1.07. The summed E-state index contributed by atoms with van der Waals surface area (Å²) >= 11 is 9.79. The largest absolute Gasteiger partial charge is 0.354 e. The van der Waals surface area contributed by atoms with E-state index < -0.39 is 0 Å². The first-order valence-corrected chi connectivity index (χ1v) is 7.87. The molecule has 20 heavy (non-hydrogen) atoms. The van der Waals surface area contributed by atoms with Crippen molar-refractivity contribution in [3.8, 4) is 0 Å². The van der Waals surface area contributed by atoms with Crippen LogP contribution in [0.25, 0.3) is 11.0 Å². The van der Waals surface area contributed by atoms with Gasteiger partial charge >= 0.3 is 0 Å². The van der Waals surface area contributed by atoms with E-state index in [2.05, 4.69) is 36.9 Å². The summed E-state index contributed by atoms with van der Waals surface area (Å²) in [5, 5.41) is 2.76. The number of amides is 1. The number of aromatic nitrogens is 2. The van der Waals surface area contributed by atoms with Gasteiger partial charge in [0.05, 0.1) is 22.5 Å². The first-order chi connectivity index (χ1) is 9.56. The normalized spacial score (nSPS) is 20.9. The minimum absolute atomic E-state index is 0.118. The summed E-state index contributed by atoms with van der Waals surface area (Å²) in [4.78, 5) is 16.0. The zero-order valence-electron chi connectivity index (χ0n) is 11.1.